The van der Waals surface area contributed by atoms with Crippen LogP contribution in [0.4, 0.5) is 5.69 Å². The van der Waals surface area contributed by atoms with Crippen LogP contribution in [-0.2, 0) is 0 Å². The molecule has 3 rings (SSSR count). The first-order valence-corrected chi connectivity index (χ1v) is 8.53. The summed E-state index contributed by atoms with van der Waals surface area (Å²) in [7, 11) is 0. The van der Waals surface area contributed by atoms with Crippen LogP contribution < -0.4 is 4.90 Å². The van der Waals surface area contributed by atoms with E-state index < -0.39 is 0 Å². The van der Waals surface area contributed by atoms with Gasteiger partial charge in [0.05, 0.1) is 0 Å². The number of piperazine rings is 1. The quantitative estimate of drug-likeness (QED) is 0.616. The van der Waals surface area contributed by atoms with Crippen molar-refractivity contribution in [1.82, 2.24) is 4.90 Å². The molecule has 1 heterocycles. The minimum atomic E-state index is 0.0510. The molecule has 2 aromatic rings. The third kappa shape index (κ3) is 4.18. The second-order valence-electron chi connectivity index (χ2n) is 6.05. The molecule has 0 atom stereocenters. The number of aryl methyl sites for hydroxylation is 1. The van der Waals surface area contributed by atoms with Gasteiger partial charge in [0.15, 0.2) is 5.78 Å². The van der Waals surface area contributed by atoms with E-state index in [1.807, 2.05) is 49.5 Å². The first-order valence-electron chi connectivity index (χ1n) is 8.15. The van der Waals surface area contributed by atoms with Crippen LogP contribution in [-0.4, -0.2) is 36.9 Å². The van der Waals surface area contributed by atoms with Gasteiger partial charge in [0.25, 0.3) is 0 Å². The fourth-order valence-electron chi connectivity index (χ4n) is 2.77. The van der Waals surface area contributed by atoms with Crippen molar-refractivity contribution in [2.45, 2.75) is 6.92 Å². The van der Waals surface area contributed by atoms with Gasteiger partial charge in [0, 0.05) is 54.7 Å². The molecule has 1 saturated heterocycles. The number of nitrogens with zero attached hydrogens (tertiary/aromatic N) is 2. The number of carbonyl (C=O) groups is 1. The Balaban J connectivity index is 1.54. The fourth-order valence-corrected chi connectivity index (χ4v) is 2.89. The molecule has 0 saturated carbocycles. The molecule has 24 heavy (non-hydrogen) atoms. The molecule has 0 N–H and O–H groups in total. The number of anilines is 1. The lowest BCUT2D eigenvalue weighted by Gasteiger charge is -2.35. The lowest BCUT2D eigenvalue weighted by Crippen LogP contribution is -2.44. The van der Waals surface area contributed by atoms with Crippen LogP contribution in [0.1, 0.15) is 15.9 Å². The van der Waals surface area contributed by atoms with E-state index in [0.29, 0.717) is 0 Å². The van der Waals surface area contributed by atoms with Crippen LogP contribution in [0.25, 0.3) is 0 Å². The van der Waals surface area contributed by atoms with Crippen LogP contribution in [0, 0.1) is 6.92 Å². The lowest BCUT2D eigenvalue weighted by molar-refractivity contribution is 0.104. The van der Waals surface area contributed by atoms with Crippen LogP contribution in [0.2, 0.25) is 5.02 Å². The highest BCUT2D eigenvalue weighted by Gasteiger charge is 2.15. The van der Waals surface area contributed by atoms with Crippen molar-refractivity contribution >= 4 is 23.1 Å². The fraction of sp³-hybridized carbons (Fsp3) is 0.250. The first-order chi connectivity index (χ1) is 11.6. The summed E-state index contributed by atoms with van der Waals surface area (Å²) < 4.78 is 0. The van der Waals surface area contributed by atoms with Crippen LogP contribution >= 0.6 is 11.6 Å². The Labute approximate surface area is 148 Å². The maximum atomic E-state index is 12.2. The van der Waals surface area contributed by atoms with Gasteiger partial charge in [-0.1, -0.05) is 41.4 Å². The standard InChI is InChI=1S/C20H21ClN2O/c1-16-2-4-17(5-3-16)20(24)10-11-22-12-14-23(15-13-22)19-8-6-18(21)7-9-19/h2-11H,12-15H2,1H3. The monoisotopic (exact) mass is 340 g/mol. The molecule has 3 nitrogen and oxygen atoms in total. The molecule has 0 unspecified atom stereocenters. The summed E-state index contributed by atoms with van der Waals surface area (Å²) in [4.78, 5) is 16.7. The summed E-state index contributed by atoms with van der Waals surface area (Å²) >= 11 is 5.94. The molecule has 0 radical (unpaired) electrons. The molecule has 1 aliphatic rings. The molecule has 0 spiro atoms. The third-order valence-corrected chi connectivity index (χ3v) is 4.53. The SMILES string of the molecule is Cc1ccc(C(=O)C=CN2CCN(c3ccc(Cl)cc3)CC2)cc1. The average molecular weight is 341 g/mol. The van der Waals surface area contributed by atoms with Crippen LogP contribution in [0.5, 0.6) is 0 Å². The highest BCUT2D eigenvalue weighted by Crippen LogP contribution is 2.19. The van der Waals surface area contributed by atoms with Crippen molar-refractivity contribution in [3.63, 3.8) is 0 Å². The van der Waals surface area contributed by atoms with E-state index in [2.05, 4.69) is 21.9 Å². The second kappa shape index (κ2) is 7.54. The number of rotatable bonds is 4. The van der Waals surface area contributed by atoms with Crippen molar-refractivity contribution in [3.05, 3.63) is 77.0 Å². The number of hydrogen-bond donors (Lipinski definition) is 0. The Bertz CT molecular complexity index is 714. The highest BCUT2D eigenvalue weighted by molar-refractivity contribution is 6.30. The van der Waals surface area contributed by atoms with E-state index in [4.69, 9.17) is 11.6 Å². The van der Waals surface area contributed by atoms with Crippen molar-refractivity contribution in [2.24, 2.45) is 0 Å². The Morgan fingerprint density at radius 1 is 0.958 bits per heavy atom. The summed E-state index contributed by atoms with van der Waals surface area (Å²) in [5.74, 6) is 0.0510. The summed E-state index contributed by atoms with van der Waals surface area (Å²) in [6.45, 7) is 5.69. The smallest absolute Gasteiger partial charge is 0.187 e. The van der Waals surface area contributed by atoms with Gasteiger partial charge in [-0.3, -0.25) is 4.79 Å². The molecule has 0 aromatic heterocycles. The number of ketones is 1. The van der Waals surface area contributed by atoms with Crippen molar-refractivity contribution < 1.29 is 4.79 Å². The van der Waals surface area contributed by atoms with E-state index in [1.54, 1.807) is 6.08 Å². The third-order valence-electron chi connectivity index (χ3n) is 4.28. The second-order valence-corrected chi connectivity index (χ2v) is 6.48. The van der Waals surface area contributed by atoms with E-state index >= 15 is 0 Å². The van der Waals surface area contributed by atoms with Gasteiger partial charge in [-0.25, -0.2) is 0 Å². The molecule has 4 heteroatoms. The predicted molar refractivity (Wildman–Crippen MR) is 99.9 cm³/mol. The van der Waals surface area contributed by atoms with Gasteiger partial charge in [0.1, 0.15) is 0 Å². The first kappa shape index (κ1) is 16.6. The minimum absolute atomic E-state index is 0.0510. The molecule has 1 fully saturated rings. The van der Waals surface area contributed by atoms with Gasteiger partial charge in [-0.15, -0.1) is 0 Å². The van der Waals surface area contributed by atoms with Gasteiger partial charge < -0.3 is 9.80 Å². The van der Waals surface area contributed by atoms with Gasteiger partial charge in [-0.2, -0.15) is 0 Å². The molecule has 124 valence electrons. The normalized spacial score (nSPS) is 15.1. The molecule has 1 aliphatic heterocycles. The Hall–Kier alpha value is -2.26. The topological polar surface area (TPSA) is 23.6 Å². The van der Waals surface area contributed by atoms with E-state index in [-0.39, 0.29) is 5.78 Å². The maximum absolute atomic E-state index is 12.2. The summed E-state index contributed by atoms with van der Waals surface area (Å²) in [6, 6.07) is 15.6. The van der Waals surface area contributed by atoms with Gasteiger partial charge >= 0.3 is 0 Å². The zero-order chi connectivity index (χ0) is 16.9. The molecule has 0 amide bonds. The number of halogens is 1. The van der Waals surface area contributed by atoms with Crippen molar-refractivity contribution in [1.29, 1.82) is 0 Å². The molecule has 0 aliphatic carbocycles. The minimum Gasteiger partial charge on any atom is -0.374 e. The molecule has 0 bridgehead atoms. The Kier molecular flexibility index (Phi) is 5.21. The van der Waals surface area contributed by atoms with E-state index in [0.717, 1.165) is 42.3 Å². The summed E-state index contributed by atoms with van der Waals surface area (Å²) in [6.07, 6.45) is 3.59. The van der Waals surface area contributed by atoms with Crippen molar-refractivity contribution in [2.75, 3.05) is 31.1 Å². The van der Waals surface area contributed by atoms with Crippen LogP contribution in [0.3, 0.4) is 0 Å². The maximum Gasteiger partial charge on any atom is 0.187 e. The molecule has 2 aromatic carbocycles. The van der Waals surface area contributed by atoms with Crippen molar-refractivity contribution in [3.8, 4) is 0 Å². The highest BCUT2D eigenvalue weighted by atomic mass is 35.5. The zero-order valence-electron chi connectivity index (χ0n) is 13.8. The Morgan fingerprint density at radius 2 is 1.58 bits per heavy atom. The number of benzene rings is 2. The Morgan fingerprint density at radius 3 is 2.21 bits per heavy atom. The summed E-state index contributed by atoms with van der Waals surface area (Å²) in [5.41, 5.74) is 3.09. The average Bonchev–Trinajstić information content (AvgIpc) is 2.61. The van der Waals surface area contributed by atoms with Crippen LogP contribution in [0.15, 0.2) is 60.8 Å². The number of allylic oxidation sites excluding steroid dienone is 1. The number of carbonyl (C=O) groups excluding carboxylic acids is 1. The largest absolute Gasteiger partial charge is 0.374 e. The van der Waals surface area contributed by atoms with Gasteiger partial charge in [0.2, 0.25) is 0 Å². The van der Waals surface area contributed by atoms with E-state index in [1.165, 1.54) is 5.69 Å². The summed E-state index contributed by atoms with van der Waals surface area (Å²) in [5, 5.41) is 0.759. The molecular weight excluding hydrogens is 320 g/mol. The molecular formula is C20H21ClN2O. The zero-order valence-corrected chi connectivity index (χ0v) is 14.5. The number of hydrogen-bond acceptors (Lipinski definition) is 3. The predicted octanol–water partition coefficient (Wildman–Crippen LogP) is 4.17. The lowest BCUT2D eigenvalue weighted by atomic mass is 10.1. The van der Waals surface area contributed by atoms with E-state index in [9.17, 15) is 4.79 Å². The van der Waals surface area contributed by atoms with Gasteiger partial charge in [-0.05, 0) is 31.2 Å².